The Morgan fingerprint density at radius 2 is 1.88 bits per heavy atom. The van der Waals surface area contributed by atoms with E-state index in [0.717, 1.165) is 5.56 Å². The third-order valence-corrected chi connectivity index (χ3v) is 4.67. The van der Waals surface area contributed by atoms with Crippen LogP contribution in [-0.2, 0) is 6.42 Å². The number of amides is 1. The largest absolute Gasteiger partial charge is 0.384 e. The molecule has 0 bridgehead atoms. The predicted molar refractivity (Wildman–Crippen MR) is 94.9 cm³/mol. The molecule has 0 aliphatic rings. The number of carbonyl (C=O) groups excluding carboxylic acids is 1. The van der Waals surface area contributed by atoms with Gasteiger partial charge in [0.1, 0.15) is 16.9 Å². The summed E-state index contributed by atoms with van der Waals surface area (Å²) in [7, 11) is 0. The van der Waals surface area contributed by atoms with Gasteiger partial charge < -0.3 is 10.4 Å². The summed E-state index contributed by atoms with van der Waals surface area (Å²) < 4.78 is 13.9. The summed E-state index contributed by atoms with van der Waals surface area (Å²) in [6, 6.07) is 14.7. The second-order valence-electron chi connectivity index (χ2n) is 5.56. The Labute approximate surface area is 149 Å². The van der Waals surface area contributed by atoms with Gasteiger partial charge >= 0.3 is 0 Å². The van der Waals surface area contributed by atoms with Crippen molar-refractivity contribution in [2.45, 2.75) is 18.6 Å². The first-order valence-corrected chi connectivity index (χ1v) is 8.70. The Hall–Kier alpha value is -2.57. The van der Waals surface area contributed by atoms with Gasteiger partial charge in [-0.3, -0.25) is 4.79 Å². The number of nitrogens with one attached hydrogen (secondary N) is 1. The fraction of sp³-hybridized carbons (Fsp3) is 0.158. The first-order valence-electron chi connectivity index (χ1n) is 7.82. The van der Waals surface area contributed by atoms with Gasteiger partial charge in [0.25, 0.3) is 5.91 Å². The van der Waals surface area contributed by atoms with E-state index in [9.17, 15) is 14.3 Å². The molecule has 1 amide bonds. The van der Waals surface area contributed by atoms with Crippen LogP contribution in [0.25, 0.3) is 0 Å². The second kappa shape index (κ2) is 8.00. The molecule has 2 aromatic carbocycles. The molecule has 0 aliphatic heterocycles. The number of hydrogen-bond acceptors (Lipinski definition) is 4. The molecule has 0 aliphatic carbocycles. The normalized spacial score (nSPS) is 13.2. The molecular weight excluding hydrogens is 339 g/mol. The van der Waals surface area contributed by atoms with Crippen LogP contribution in [0.4, 0.5) is 4.39 Å². The van der Waals surface area contributed by atoms with Crippen LogP contribution in [0.15, 0.2) is 66.2 Å². The Balaban J connectivity index is 1.83. The van der Waals surface area contributed by atoms with Crippen molar-refractivity contribution in [1.29, 1.82) is 0 Å². The third kappa shape index (κ3) is 4.29. The molecule has 6 heteroatoms. The number of benzene rings is 2. The molecule has 0 fully saturated rings. The maximum absolute atomic E-state index is 13.9. The molecule has 25 heavy (non-hydrogen) atoms. The Bertz CT molecular complexity index is 824. The number of halogens is 1. The number of hydrogen-bond donors (Lipinski definition) is 2. The maximum Gasteiger partial charge on any atom is 0.254 e. The van der Waals surface area contributed by atoms with E-state index in [1.807, 2.05) is 30.3 Å². The first-order chi connectivity index (χ1) is 12.1. The minimum absolute atomic E-state index is 0.0492. The Morgan fingerprint density at radius 3 is 2.56 bits per heavy atom. The van der Waals surface area contributed by atoms with E-state index >= 15 is 0 Å². The summed E-state index contributed by atoms with van der Waals surface area (Å²) in [4.78, 5) is 16.6. The maximum atomic E-state index is 13.9. The highest BCUT2D eigenvalue weighted by Gasteiger charge is 2.26. The monoisotopic (exact) mass is 356 g/mol. The minimum atomic E-state index is -0.976. The molecule has 0 saturated carbocycles. The van der Waals surface area contributed by atoms with E-state index < -0.39 is 23.9 Å². The molecule has 1 aromatic heterocycles. The Kier molecular flexibility index (Phi) is 5.53. The first kappa shape index (κ1) is 17.3. The summed E-state index contributed by atoms with van der Waals surface area (Å²) in [6.07, 6.45) is 1.03. The lowest BCUT2D eigenvalue weighted by Gasteiger charge is -2.23. The second-order valence-corrected chi connectivity index (χ2v) is 6.49. The van der Waals surface area contributed by atoms with Crippen LogP contribution in [0.2, 0.25) is 0 Å². The summed E-state index contributed by atoms with van der Waals surface area (Å²) in [5.41, 5.74) is 0.906. The highest BCUT2D eigenvalue weighted by molar-refractivity contribution is 7.09. The topological polar surface area (TPSA) is 62.2 Å². The molecule has 128 valence electrons. The third-order valence-electron chi connectivity index (χ3n) is 3.82. The van der Waals surface area contributed by atoms with Crippen LogP contribution < -0.4 is 5.32 Å². The van der Waals surface area contributed by atoms with E-state index in [2.05, 4.69) is 10.3 Å². The van der Waals surface area contributed by atoms with Gasteiger partial charge in [0.05, 0.1) is 11.6 Å². The van der Waals surface area contributed by atoms with Crippen molar-refractivity contribution in [2.24, 2.45) is 0 Å². The van der Waals surface area contributed by atoms with E-state index in [4.69, 9.17) is 0 Å². The highest BCUT2D eigenvalue weighted by Crippen LogP contribution is 2.22. The lowest BCUT2D eigenvalue weighted by atomic mass is 10.0. The molecule has 0 spiro atoms. The van der Waals surface area contributed by atoms with Gasteiger partial charge in [-0.15, -0.1) is 11.3 Å². The van der Waals surface area contributed by atoms with E-state index in [0.29, 0.717) is 11.4 Å². The molecule has 2 N–H and O–H groups in total. The van der Waals surface area contributed by atoms with Gasteiger partial charge in [-0.1, -0.05) is 42.5 Å². The zero-order valence-corrected chi connectivity index (χ0v) is 14.1. The van der Waals surface area contributed by atoms with Gasteiger partial charge in [-0.2, -0.15) is 0 Å². The zero-order chi connectivity index (χ0) is 17.6. The molecule has 3 rings (SSSR count). The summed E-state index contributed by atoms with van der Waals surface area (Å²) in [5, 5.41) is 15.7. The van der Waals surface area contributed by atoms with E-state index in [-0.39, 0.29) is 5.56 Å². The average molecular weight is 356 g/mol. The molecule has 3 aromatic rings. The number of nitrogens with zero attached hydrogens (tertiary/aromatic N) is 1. The molecular formula is C19H17FN2O2S. The SMILES string of the molecule is O=C(NC(Cc1ccccc1)C(O)c1nccs1)c1ccccc1F. The molecule has 4 nitrogen and oxygen atoms in total. The van der Waals surface area contributed by atoms with Crippen molar-refractivity contribution >= 4 is 17.2 Å². The number of aliphatic hydroxyl groups is 1. The van der Waals surface area contributed by atoms with Gasteiger partial charge in [0, 0.05) is 11.6 Å². The van der Waals surface area contributed by atoms with Crippen LogP contribution in [0.1, 0.15) is 27.0 Å². The molecule has 1 heterocycles. The lowest BCUT2D eigenvalue weighted by Crippen LogP contribution is -2.41. The van der Waals surface area contributed by atoms with Crippen molar-refractivity contribution in [2.75, 3.05) is 0 Å². The molecule has 0 saturated heterocycles. The molecule has 2 atom stereocenters. The lowest BCUT2D eigenvalue weighted by molar-refractivity contribution is 0.0828. The quantitative estimate of drug-likeness (QED) is 0.712. The van der Waals surface area contributed by atoms with Crippen LogP contribution in [-0.4, -0.2) is 22.0 Å². The summed E-state index contributed by atoms with van der Waals surface area (Å²) in [6.45, 7) is 0. The van der Waals surface area contributed by atoms with Gasteiger partial charge in [0.2, 0.25) is 0 Å². The van der Waals surface area contributed by atoms with Crippen molar-refractivity contribution in [3.05, 3.63) is 88.1 Å². The smallest absolute Gasteiger partial charge is 0.254 e. The predicted octanol–water partition coefficient (Wildman–Crippen LogP) is 3.36. The summed E-state index contributed by atoms with van der Waals surface area (Å²) in [5.74, 6) is -1.16. The number of rotatable bonds is 6. The summed E-state index contributed by atoms with van der Waals surface area (Å²) >= 11 is 1.31. The fourth-order valence-corrected chi connectivity index (χ4v) is 3.24. The van der Waals surface area contributed by atoms with Crippen LogP contribution in [0.5, 0.6) is 0 Å². The van der Waals surface area contributed by atoms with Crippen LogP contribution in [0, 0.1) is 5.82 Å². The van der Waals surface area contributed by atoms with Crippen LogP contribution in [0.3, 0.4) is 0 Å². The van der Waals surface area contributed by atoms with Crippen LogP contribution >= 0.6 is 11.3 Å². The number of thiazole rings is 1. The fourth-order valence-electron chi connectivity index (χ4n) is 2.55. The molecule has 0 radical (unpaired) electrons. The van der Waals surface area contributed by atoms with Crippen molar-refractivity contribution in [3.8, 4) is 0 Å². The van der Waals surface area contributed by atoms with Gasteiger partial charge in [0.15, 0.2) is 0 Å². The number of aliphatic hydroxyl groups excluding tert-OH is 1. The number of carbonyl (C=O) groups is 1. The van der Waals surface area contributed by atoms with Crippen molar-refractivity contribution < 1.29 is 14.3 Å². The molecule has 2 unspecified atom stereocenters. The Morgan fingerprint density at radius 1 is 1.16 bits per heavy atom. The van der Waals surface area contributed by atoms with E-state index in [1.54, 1.807) is 17.6 Å². The van der Waals surface area contributed by atoms with Crippen molar-refractivity contribution in [3.63, 3.8) is 0 Å². The minimum Gasteiger partial charge on any atom is -0.384 e. The van der Waals surface area contributed by atoms with Crippen molar-refractivity contribution in [1.82, 2.24) is 10.3 Å². The highest BCUT2D eigenvalue weighted by atomic mass is 32.1. The standard InChI is InChI=1S/C19H17FN2O2S/c20-15-9-5-4-8-14(15)18(24)22-16(12-13-6-2-1-3-7-13)17(23)19-21-10-11-25-19/h1-11,16-17,23H,12H2,(H,22,24). The number of aromatic nitrogens is 1. The van der Waals surface area contributed by atoms with Gasteiger partial charge in [-0.05, 0) is 24.1 Å². The zero-order valence-electron chi connectivity index (χ0n) is 13.3. The van der Waals surface area contributed by atoms with E-state index in [1.165, 1.54) is 29.5 Å². The average Bonchev–Trinajstić information content (AvgIpc) is 3.16. The van der Waals surface area contributed by atoms with Gasteiger partial charge in [-0.25, -0.2) is 9.37 Å².